The summed E-state index contributed by atoms with van der Waals surface area (Å²) >= 11 is 1.56. The van der Waals surface area contributed by atoms with E-state index in [4.69, 9.17) is 0 Å². The lowest BCUT2D eigenvalue weighted by Crippen LogP contribution is -2.44. The van der Waals surface area contributed by atoms with Gasteiger partial charge in [-0.05, 0) is 19.8 Å². The van der Waals surface area contributed by atoms with Gasteiger partial charge in [0.2, 0.25) is 0 Å². The fourth-order valence-electron chi connectivity index (χ4n) is 2.67. The number of thiazole rings is 1. The first-order valence-electron chi connectivity index (χ1n) is 7.17. The van der Waals surface area contributed by atoms with Crippen LogP contribution in [0.1, 0.15) is 42.4 Å². The van der Waals surface area contributed by atoms with E-state index in [0.29, 0.717) is 5.92 Å². The molecule has 2 aromatic heterocycles. The zero-order valence-electron chi connectivity index (χ0n) is 12.0. The summed E-state index contributed by atoms with van der Waals surface area (Å²) in [6.45, 7) is 3.52. The molecule has 21 heavy (non-hydrogen) atoms. The predicted octanol–water partition coefficient (Wildman–Crippen LogP) is 2.52. The van der Waals surface area contributed by atoms with Crippen molar-refractivity contribution < 1.29 is 4.79 Å². The highest BCUT2D eigenvalue weighted by Crippen LogP contribution is 2.26. The van der Waals surface area contributed by atoms with Gasteiger partial charge in [-0.2, -0.15) is 0 Å². The van der Waals surface area contributed by atoms with Gasteiger partial charge in [0.1, 0.15) is 5.01 Å². The Morgan fingerprint density at radius 1 is 1.52 bits per heavy atom. The number of carbonyl (C=O) groups excluding carboxylic acids is 1. The number of aromatic amines is 1. The number of hydrogen-bond donors (Lipinski definition) is 2. The molecule has 7 heteroatoms. The second-order valence-electron chi connectivity index (χ2n) is 5.31. The molecule has 1 atom stereocenters. The molecule has 2 amide bonds. The van der Waals surface area contributed by atoms with Crippen molar-refractivity contribution in [3.05, 3.63) is 34.8 Å². The van der Waals surface area contributed by atoms with E-state index in [1.165, 1.54) is 5.69 Å². The van der Waals surface area contributed by atoms with E-state index in [1.807, 2.05) is 23.4 Å². The first-order chi connectivity index (χ1) is 10.2. The summed E-state index contributed by atoms with van der Waals surface area (Å²) in [5, 5.41) is 5.88. The van der Waals surface area contributed by atoms with E-state index in [0.717, 1.165) is 30.9 Å². The molecule has 1 saturated heterocycles. The maximum Gasteiger partial charge on any atom is 0.317 e. The normalized spacial score (nSPS) is 17.7. The molecule has 0 bridgehead atoms. The van der Waals surface area contributed by atoms with E-state index in [-0.39, 0.29) is 12.1 Å². The summed E-state index contributed by atoms with van der Waals surface area (Å²) in [4.78, 5) is 25.6. The molecular weight excluding hydrogens is 286 g/mol. The number of aromatic nitrogens is 3. The van der Waals surface area contributed by atoms with Crippen LogP contribution >= 0.6 is 11.3 Å². The van der Waals surface area contributed by atoms with E-state index in [2.05, 4.69) is 20.3 Å². The minimum atomic E-state index is -0.0390. The van der Waals surface area contributed by atoms with Crippen LogP contribution in [0.2, 0.25) is 0 Å². The fraction of sp³-hybridized carbons (Fsp3) is 0.500. The zero-order chi connectivity index (χ0) is 14.7. The third-order valence-corrected chi connectivity index (χ3v) is 4.86. The van der Waals surface area contributed by atoms with Crippen molar-refractivity contribution in [1.82, 2.24) is 25.2 Å². The van der Waals surface area contributed by atoms with Gasteiger partial charge in [-0.3, -0.25) is 0 Å². The Hall–Kier alpha value is -1.89. The number of urea groups is 1. The quantitative estimate of drug-likeness (QED) is 0.915. The smallest absolute Gasteiger partial charge is 0.317 e. The lowest BCUT2D eigenvalue weighted by molar-refractivity contribution is 0.178. The standard InChI is InChI=1S/C14H19N5OS/c1-10(13-16-4-7-21-13)18-14(20)19-5-2-11(3-6-19)12-8-15-9-17-12/h4,7-11H,2-3,5-6H2,1H3,(H,15,17)(H,18,20)/t10-/m1/s1. The molecule has 3 heterocycles. The van der Waals surface area contributed by atoms with Crippen LogP contribution in [0.5, 0.6) is 0 Å². The molecule has 0 radical (unpaired) electrons. The molecule has 1 aliphatic heterocycles. The fourth-order valence-corrected chi connectivity index (χ4v) is 3.32. The third kappa shape index (κ3) is 3.24. The summed E-state index contributed by atoms with van der Waals surface area (Å²) in [6, 6.07) is -0.0383. The number of rotatable bonds is 3. The van der Waals surface area contributed by atoms with E-state index in [1.54, 1.807) is 23.9 Å². The molecule has 0 spiro atoms. The maximum absolute atomic E-state index is 12.3. The predicted molar refractivity (Wildman–Crippen MR) is 81.2 cm³/mol. The Balaban J connectivity index is 1.51. The molecule has 2 aromatic rings. The van der Waals surface area contributed by atoms with E-state index >= 15 is 0 Å². The lowest BCUT2D eigenvalue weighted by Gasteiger charge is -2.32. The molecule has 6 nitrogen and oxygen atoms in total. The number of nitrogens with one attached hydrogen (secondary N) is 2. The highest BCUT2D eigenvalue weighted by atomic mass is 32.1. The second-order valence-corrected chi connectivity index (χ2v) is 6.24. The number of imidazole rings is 1. The van der Waals surface area contributed by atoms with Crippen molar-refractivity contribution in [2.45, 2.75) is 31.7 Å². The Morgan fingerprint density at radius 3 is 2.95 bits per heavy atom. The number of amides is 2. The number of nitrogens with zero attached hydrogens (tertiary/aromatic N) is 3. The number of H-pyrrole nitrogens is 1. The van der Waals surface area contributed by atoms with Gasteiger partial charge in [-0.1, -0.05) is 0 Å². The first kappa shape index (κ1) is 14.1. The van der Waals surface area contributed by atoms with Gasteiger partial charge in [0.15, 0.2) is 0 Å². The monoisotopic (exact) mass is 305 g/mol. The van der Waals surface area contributed by atoms with Crippen LogP contribution < -0.4 is 5.32 Å². The van der Waals surface area contributed by atoms with Gasteiger partial charge in [-0.15, -0.1) is 11.3 Å². The van der Waals surface area contributed by atoms with Gasteiger partial charge >= 0.3 is 6.03 Å². The van der Waals surface area contributed by atoms with Gasteiger partial charge in [0.25, 0.3) is 0 Å². The molecule has 0 aromatic carbocycles. The summed E-state index contributed by atoms with van der Waals surface area (Å²) in [5.41, 5.74) is 1.17. The Morgan fingerprint density at radius 2 is 2.33 bits per heavy atom. The molecule has 0 aliphatic carbocycles. The topological polar surface area (TPSA) is 73.9 Å². The van der Waals surface area contributed by atoms with Gasteiger partial charge in [0, 0.05) is 42.5 Å². The Labute approximate surface area is 127 Å². The van der Waals surface area contributed by atoms with E-state index < -0.39 is 0 Å². The largest absolute Gasteiger partial charge is 0.348 e. The van der Waals surface area contributed by atoms with Crippen LogP contribution in [0.15, 0.2) is 24.1 Å². The third-order valence-electron chi connectivity index (χ3n) is 3.90. The van der Waals surface area contributed by atoms with Gasteiger partial charge in [-0.25, -0.2) is 14.8 Å². The van der Waals surface area contributed by atoms with Crippen LogP contribution in [0.4, 0.5) is 4.79 Å². The van der Waals surface area contributed by atoms with Crippen LogP contribution in [-0.2, 0) is 0 Å². The Bertz CT molecular complexity index is 560. The van der Waals surface area contributed by atoms with Gasteiger partial charge in [0.05, 0.1) is 12.4 Å². The highest BCUT2D eigenvalue weighted by molar-refractivity contribution is 7.09. The van der Waals surface area contributed by atoms with E-state index in [9.17, 15) is 4.79 Å². The molecule has 0 unspecified atom stereocenters. The minimum Gasteiger partial charge on any atom is -0.348 e. The number of hydrogen-bond acceptors (Lipinski definition) is 4. The van der Waals surface area contributed by atoms with Crippen molar-refractivity contribution in [2.75, 3.05) is 13.1 Å². The highest BCUT2D eigenvalue weighted by Gasteiger charge is 2.25. The summed E-state index contributed by atoms with van der Waals surface area (Å²) in [6.07, 6.45) is 7.30. The van der Waals surface area contributed by atoms with Crippen LogP contribution in [0.25, 0.3) is 0 Å². The van der Waals surface area contributed by atoms with Crippen molar-refractivity contribution in [3.8, 4) is 0 Å². The van der Waals surface area contributed by atoms with Crippen molar-refractivity contribution in [2.24, 2.45) is 0 Å². The molecule has 1 fully saturated rings. The van der Waals surface area contributed by atoms with Gasteiger partial charge < -0.3 is 15.2 Å². The Kier molecular flexibility index (Phi) is 4.19. The first-order valence-corrected chi connectivity index (χ1v) is 8.05. The molecule has 2 N–H and O–H groups in total. The van der Waals surface area contributed by atoms with Crippen molar-refractivity contribution in [3.63, 3.8) is 0 Å². The number of carbonyl (C=O) groups is 1. The van der Waals surface area contributed by atoms with Crippen molar-refractivity contribution >= 4 is 17.4 Å². The molecule has 0 saturated carbocycles. The molecular formula is C14H19N5OS. The SMILES string of the molecule is C[C@@H](NC(=O)N1CCC(c2cnc[nH]2)CC1)c1nccs1. The van der Waals surface area contributed by atoms with Crippen LogP contribution in [0, 0.1) is 0 Å². The number of likely N-dealkylation sites (tertiary alicyclic amines) is 1. The second kappa shape index (κ2) is 6.26. The zero-order valence-corrected chi connectivity index (χ0v) is 12.8. The van der Waals surface area contributed by atoms with Crippen LogP contribution in [0.3, 0.4) is 0 Å². The summed E-state index contributed by atoms with van der Waals surface area (Å²) in [5.74, 6) is 0.480. The maximum atomic E-state index is 12.3. The van der Waals surface area contributed by atoms with Crippen LogP contribution in [-0.4, -0.2) is 39.0 Å². The molecule has 112 valence electrons. The molecule has 1 aliphatic rings. The summed E-state index contributed by atoms with van der Waals surface area (Å²) < 4.78 is 0. The lowest BCUT2D eigenvalue weighted by atomic mass is 9.94. The minimum absolute atomic E-state index is 0.000704. The average molecular weight is 305 g/mol. The van der Waals surface area contributed by atoms with Crippen molar-refractivity contribution in [1.29, 1.82) is 0 Å². The number of piperidine rings is 1. The average Bonchev–Trinajstić information content (AvgIpc) is 3.20. The summed E-state index contributed by atoms with van der Waals surface area (Å²) in [7, 11) is 0. The molecule has 3 rings (SSSR count).